The molecule has 0 saturated heterocycles. The van der Waals surface area contributed by atoms with Crippen LogP contribution in [0.4, 0.5) is 0 Å². The van der Waals surface area contributed by atoms with Gasteiger partial charge in [-0.25, -0.2) is 0 Å². The molecule has 0 unspecified atom stereocenters. The maximum atomic E-state index is 12.5. The van der Waals surface area contributed by atoms with E-state index in [1.54, 1.807) is 42.5 Å². The molecular formula is C18H18Cl2N2O3. The molecule has 2 aromatic rings. The number of halogens is 2. The Morgan fingerprint density at radius 2 is 1.68 bits per heavy atom. The average molecular weight is 381 g/mol. The van der Waals surface area contributed by atoms with Gasteiger partial charge in [-0.1, -0.05) is 59.6 Å². The zero-order valence-corrected chi connectivity index (χ0v) is 15.1. The molecule has 0 heterocycles. The number of carbonyl (C=O) groups is 2. The Kier molecular flexibility index (Phi) is 6.82. The summed E-state index contributed by atoms with van der Waals surface area (Å²) in [7, 11) is 1.42. The van der Waals surface area contributed by atoms with Gasteiger partial charge in [-0.05, 0) is 23.3 Å². The summed E-state index contributed by atoms with van der Waals surface area (Å²) in [5.74, 6) is -1.16. The quantitative estimate of drug-likeness (QED) is 0.774. The van der Waals surface area contributed by atoms with Crippen molar-refractivity contribution in [2.24, 2.45) is 5.73 Å². The van der Waals surface area contributed by atoms with Crippen LogP contribution in [0.15, 0.2) is 48.5 Å². The first-order valence-corrected chi connectivity index (χ1v) is 8.30. The number of primary amides is 1. The fourth-order valence-electron chi connectivity index (χ4n) is 2.42. The van der Waals surface area contributed by atoms with Crippen LogP contribution in [0, 0.1) is 0 Å². The second-order valence-corrected chi connectivity index (χ2v) is 6.21. The average Bonchev–Trinajstić information content (AvgIpc) is 2.58. The second-order valence-electron chi connectivity index (χ2n) is 5.39. The molecule has 0 aromatic heterocycles. The number of rotatable bonds is 7. The van der Waals surface area contributed by atoms with Crippen molar-refractivity contribution in [1.29, 1.82) is 0 Å². The van der Waals surface area contributed by atoms with Gasteiger partial charge in [0.05, 0.1) is 0 Å². The minimum absolute atomic E-state index is 0.0881. The number of benzene rings is 2. The van der Waals surface area contributed by atoms with Gasteiger partial charge < -0.3 is 15.8 Å². The van der Waals surface area contributed by atoms with Crippen LogP contribution in [0.3, 0.4) is 0 Å². The number of methoxy groups -OCH3 is 1. The molecule has 3 N–H and O–H groups in total. The largest absolute Gasteiger partial charge is 0.368 e. The lowest BCUT2D eigenvalue weighted by Gasteiger charge is -2.21. The third-order valence-electron chi connectivity index (χ3n) is 3.71. The monoisotopic (exact) mass is 380 g/mol. The Labute approximate surface area is 156 Å². The number of nitrogens with two attached hydrogens (primary N) is 1. The molecule has 0 aliphatic carbocycles. The van der Waals surface area contributed by atoms with Gasteiger partial charge in [-0.2, -0.15) is 0 Å². The standard InChI is InChI=1S/C18H18Cl2N2O3/c1-25-16(11-6-3-2-4-7-11)18(24)22-15(17(21)23)10-12-13(19)8-5-9-14(12)20/h2-9,15-16H,10H2,1H3,(H2,21,23)(H,22,24)/t15-,16-/m1/s1. The van der Waals surface area contributed by atoms with Crippen LogP contribution in [0.25, 0.3) is 0 Å². The third-order valence-corrected chi connectivity index (χ3v) is 4.41. The van der Waals surface area contributed by atoms with E-state index in [-0.39, 0.29) is 6.42 Å². The number of carbonyl (C=O) groups excluding carboxylic acids is 2. The molecule has 0 fully saturated rings. The summed E-state index contributed by atoms with van der Waals surface area (Å²) in [5, 5.41) is 3.42. The summed E-state index contributed by atoms with van der Waals surface area (Å²) in [6.07, 6.45) is -0.769. The van der Waals surface area contributed by atoms with Crippen molar-refractivity contribution < 1.29 is 14.3 Å². The van der Waals surface area contributed by atoms with Gasteiger partial charge in [-0.3, -0.25) is 9.59 Å². The van der Waals surface area contributed by atoms with Gasteiger partial charge in [0.25, 0.3) is 5.91 Å². The van der Waals surface area contributed by atoms with Crippen molar-refractivity contribution >= 4 is 35.0 Å². The molecule has 2 aromatic carbocycles. The maximum Gasteiger partial charge on any atom is 0.254 e. The zero-order valence-electron chi connectivity index (χ0n) is 13.5. The Morgan fingerprint density at radius 3 is 2.20 bits per heavy atom. The van der Waals surface area contributed by atoms with Gasteiger partial charge in [0, 0.05) is 23.6 Å². The minimum Gasteiger partial charge on any atom is -0.368 e. The SMILES string of the molecule is CO[C@@H](C(=O)N[C@H](Cc1c(Cl)cccc1Cl)C(N)=O)c1ccccc1. The number of nitrogens with one attached hydrogen (secondary N) is 1. The molecule has 5 nitrogen and oxygen atoms in total. The molecule has 2 atom stereocenters. The smallest absolute Gasteiger partial charge is 0.254 e. The van der Waals surface area contributed by atoms with E-state index >= 15 is 0 Å². The summed E-state index contributed by atoms with van der Waals surface area (Å²) >= 11 is 12.3. The molecule has 0 saturated carbocycles. The van der Waals surface area contributed by atoms with Gasteiger partial charge in [-0.15, -0.1) is 0 Å². The molecule has 0 bridgehead atoms. The molecule has 0 aliphatic heterocycles. The van der Waals surface area contributed by atoms with E-state index in [0.29, 0.717) is 21.2 Å². The van der Waals surface area contributed by atoms with Gasteiger partial charge in [0.2, 0.25) is 5.91 Å². The summed E-state index contributed by atoms with van der Waals surface area (Å²) in [5.41, 5.74) is 6.65. The number of hydrogen-bond donors (Lipinski definition) is 2. The third kappa shape index (κ3) is 4.95. The number of ether oxygens (including phenoxy) is 1. The Morgan fingerprint density at radius 1 is 1.08 bits per heavy atom. The van der Waals surface area contributed by atoms with Crippen molar-refractivity contribution in [1.82, 2.24) is 5.32 Å². The lowest BCUT2D eigenvalue weighted by molar-refractivity contribution is -0.134. The van der Waals surface area contributed by atoms with Gasteiger partial charge in [0.1, 0.15) is 6.04 Å². The fraction of sp³-hybridized carbons (Fsp3) is 0.222. The van der Waals surface area contributed by atoms with Crippen LogP contribution < -0.4 is 11.1 Å². The predicted molar refractivity (Wildman–Crippen MR) is 97.5 cm³/mol. The highest BCUT2D eigenvalue weighted by molar-refractivity contribution is 6.36. The summed E-state index contributed by atoms with van der Waals surface area (Å²) < 4.78 is 5.26. The normalized spacial score (nSPS) is 13.1. The number of amides is 2. The minimum atomic E-state index is -0.966. The Bertz CT molecular complexity index is 733. The molecule has 132 valence electrons. The van der Waals surface area contributed by atoms with E-state index in [4.69, 9.17) is 33.7 Å². The van der Waals surface area contributed by atoms with Crippen LogP contribution >= 0.6 is 23.2 Å². The molecule has 0 aliphatic rings. The van der Waals surface area contributed by atoms with Crippen molar-refractivity contribution in [3.63, 3.8) is 0 Å². The van der Waals surface area contributed by atoms with Crippen molar-refractivity contribution in [3.05, 3.63) is 69.7 Å². The fourth-order valence-corrected chi connectivity index (χ4v) is 2.98. The summed E-state index contributed by atoms with van der Waals surface area (Å²) in [6, 6.07) is 13.0. The van der Waals surface area contributed by atoms with Gasteiger partial charge in [0.15, 0.2) is 6.10 Å². The summed E-state index contributed by atoms with van der Waals surface area (Å²) in [4.78, 5) is 24.3. The van der Waals surface area contributed by atoms with Crippen LogP contribution in [-0.4, -0.2) is 25.0 Å². The lowest BCUT2D eigenvalue weighted by Crippen LogP contribution is -2.47. The first-order chi connectivity index (χ1) is 11.9. The van der Waals surface area contributed by atoms with E-state index < -0.39 is 24.0 Å². The van der Waals surface area contributed by atoms with Crippen LogP contribution in [0.5, 0.6) is 0 Å². The predicted octanol–water partition coefficient (Wildman–Crippen LogP) is 2.89. The van der Waals surface area contributed by atoms with E-state index in [9.17, 15) is 9.59 Å². The molecule has 0 radical (unpaired) electrons. The topological polar surface area (TPSA) is 81.4 Å². The van der Waals surface area contributed by atoms with Crippen molar-refractivity contribution in [3.8, 4) is 0 Å². The maximum absolute atomic E-state index is 12.5. The number of hydrogen-bond acceptors (Lipinski definition) is 3. The Hall–Kier alpha value is -2.08. The highest BCUT2D eigenvalue weighted by Gasteiger charge is 2.26. The van der Waals surface area contributed by atoms with E-state index in [1.807, 2.05) is 6.07 Å². The zero-order chi connectivity index (χ0) is 18.4. The second kappa shape index (κ2) is 8.85. The highest BCUT2D eigenvalue weighted by Crippen LogP contribution is 2.26. The first kappa shape index (κ1) is 19.2. The molecule has 25 heavy (non-hydrogen) atoms. The molecular weight excluding hydrogens is 363 g/mol. The molecule has 2 amide bonds. The van der Waals surface area contributed by atoms with E-state index in [0.717, 1.165) is 0 Å². The summed E-state index contributed by atoms with van der Waals surface area (Å²) in [6.45, 7) is 0. The van der Waals surface area contributed by atoms with Crippen molar-refractivity contribution in [2.75, 3.05) is 7.11 Å². The van der Waals surface area contributed by atoms with Crippen molar-refractivity contribution in [2.45, 2.75) is 18.6 Å². The molecule has 2 rings (SSSR count). The lowest BCUT2D eigenvalue weighted by atomic mass is 10.0. The molecule has 0 spiro atoms. The van der Waals surface area contributed by atoms with Crippen LogP contribution in [0.1, 0.15) is 17.2 Å². The van der Waals surface area contributed by atoms with Gasteiger partial charge >= 0.3 is 0 Å². The first-order valence-electron chi connectivity index (χ1n) is 7.54. The van der Waals surface area contributed by atoms with Crippen LogP contribution in [0.2, 0.25) is 10.0 Å². The molecule has 7 heteroatoms. The van der Waals surface area contributed by atoms with Crippen LogP contribution in [-0.2, 0) is 20.7 Å². The Balaban J connectivity index is 2.18. The van der Waals surface area contributed by atoms with E-state index in [1.165, 1.54) is 7.11 Å². The highest BCUT2D eigenvalue weighted by atomic mass is 35.5. The van der Waals surface area contributed by atoms with E-state index in [2.05, 4.69) is 5.32 Å².